The molecule has 0 radical (unpaired) electrons. The molecule has 0 aliphatic rings. The van der Waals surface area contributed by atoms with Gasteiger partial charge < -0.3 is 14.5 Å². The summed E-state index contributed by atoms with van der Waals surface area (Å²) >= 11 is 6.95. The zero-order valence-corrected chi connectivity index (χ0v) is 13.3. The predicted octanol–water partition coefficient (Wildman–Crippen LogP) is 4.73. The lowest BCUT2D eigenvalue weighted by Crippen LogP contribution is -1.99. The highest BCUT2D eigenvalue weighted by atomic mass is 79.9. The topological polar surface area (TPSA) is 34.4 Å². The van der Waals surface area contributed by atoms with Crippen LogP contribution in [0.5, 0.6) is 5.75 Å². The molecule has 1 N–H and O–H groups in total. The van der Waals surface area contributed by atoms with E-state index in [1.807, 2.05) is 31.2 Å². The first-order chi connectivity index (χ1) is 8.60. The van der Waals surface area contributed by atoms with E-state index in [-0.39, 0.29) is 0 Å². The summed E-state index contributed by atoms with van der Waals surface area (Å²) in [6.45, 7) is 2.57. The second-order valence-electron chi connectivity index (χ2n) is 3.83. The first-order valence-electron chi connectivity index (χ1n) is 5.42. The molecule has 0 saturated heterocycles. The van der Waals surface area contributed by atoms with Crippen LogP contribution < -0.4 is 10.1 Å². The van der Waals surface area contributed by atoms with Crippen LogP contribution >= 0.6 is 31.9 Å². The molecule has 0 saturated carbocycles. The zero-order valence-electron chi connectivity index (χ0n) is 10.1. The first-order valence-corrected chi connectivity index (χ1v) is 7.01. The van der Waals surface area contributed by atoms with Crippen LogP contribution in [0.15, 0.2) is 37.6 Å². The van der Waals surface area contributed by atoms with Gasteiger partial charge in [0.1, 0.15) is 17.3 Å². The third kappa shape index (κ3) is 3.09. The monoisotopic (exact) mass is 373 g/mol. The van der Waals surface area contributed by atoms with E-state index in [0.29, 0.717) is 6.54 Å². The Kier molecular flexibility index (Phi) is 4.35. The lowest BCUT2D eigenvalue weighted by atomic mass is 10.3. The van der Waals surface area contributed by atoms with E-state index in [0.717, 1.165) is 31.9 Å². The summed E-state index contributed by atoms with van der Waals surface area (Å²) < 4.78 is 12.7. The lowest BCUT2D eigenvalue weighted by molar-refractivity contribution is 0.412. The summed E-state index contributed by atoms with van der Waals surface area (Å²) in [4.78, 5) is 0. The Bertz CT molecular complexity index is 552. The molecule has 5 heteroatoms. The number of halogens is 2. The standard InChI is InChI=1S/C13H13Br2NO2/c1-8-3-4-9(18-8)7-16-12-6-13(17-2)11(15)5-10(12)14/h3-6,16H,7H2,1-2H3. The molecule has 0 amide bonds. The maximum Gasteiger partial charge on any atom is 0.135 e. The Morgan fingerprint density at radius 3 is 2.61 bits per heavy atom. The van der Waals surface area contributed by atoms with Gasteiger partial charge in [-0.2, -0.15) is 0 Å². The highest BCUT2D eigenvalue weighted by Gasteiger charge is 2.07. The van der Waals surface area contributed by atoms with Gasteiger partial charge in [0, 0.05) is 10.5 Å². The number of aryl methyl sites for hydroxylation is 1. The molecule has 0 aliphatic carbocycles. The first kappa shape index (κ1) is 13.5. The average Bonchev–Trinajstić information content (AvgIpc) is 2.74. The zero-order chi connectivity index (χ0) is 13.1. The number of furan rings is 1. The molecule has 96 valence electrons. The van der Waals surface area contributed by atoms with Gasteiger partial charge in [-0.25, -0.2) is 0 Å². The third-order valence-electron chi connectivity index (χ3n) is 2.49. The van der Waals surface area contributed by atoms with E-state index in [2.05, 4.69) is 37.2 Å². The number of nitrogens with one attached hydrogen (secondary N) is 1. The third-order valence-corrected chi connectivity index (χ3v) is 3.77. The summed E-state index contributed by atoms with van der Waals surface area (Å²) in [6.07, 6.45) is 0. The van der Waals surface area contributed by atoms with Gasteiger partial charge in [0.25, 0.3) is 0 Å². The van der Waals surface area contributed by atoms with Crippen molar-refractivity contribution in [3.8, 4) is 5.75 Å². The quantitative estimate of drug-likeness (QED) is 0.839. The van der Waals surface area contributed by atoms with Crippen molar-refractivity contribution in [3.63, 3.8) is 0 Å². The van der Waals surface area contributed by atoms with Gasteiger partial charge >= 0.3 is 0 Å². The molecule has 2 aromatic rings. The van der Waals surface area contributed by atoms with Crippen LogP contribution in [-0.4, -0.2) is 7.11 Å². The van der Waals surface area contributed by atoms with Crippen molar-refractivity contribution in [1.29, 1.82) is 0 Å². The summed E-state index contributed by atoms with van der Waals surface area (Å²) in [6, 6.07) is 7.80. The summed E-state index contributed by atoms with van der Waals surface area (Å²) in [5.74, 6) is 2.61. The van der Waals surface area contributed by atoms with Crippen molar-refractivity contribution < 1.29 is 9.15 Å². The van der Waals surface area contributed by atoms with Gasteiger partial charge in [0.05, 0.1) is 23.8 Å². The van der Waals surface area contributed by atoms with Gasteiger partial charge in [-0.05, 0) is 57.0 Å². The molecule has 0 atom stereocenters. The van der Waals surface area contributed by atoms with Gasteiger partial charge in [-0.1, -0.05) is 0 Å². The molecule has 1 aromatic carbocycles. The maximum absolute atomic E-state index is 5.51. The molecule has 1 heterocycles. The van der Waals surface area contributed by atoms with E-state index in [9.17, 15) is 0 Å². The van der Waals surface area contributed by atoms with Crippen LogP contribution in [0.4, 0.5) is 5.69 Å². The molecule has 0 aliphatic heterocycles. The minimum Gasteiger partial charge on any atom is -0.495 e. The molecule has 0 bridgehead atoms. The number of anilines is 1. The molecule has 3 nitrogen and oxygen atoms in total. The molecule has 18 heavy (non-hydrogen) atoms. The number of hydrogen-bond acceptors (Lipinski definition) is 3. The van der Waals surface area contributed by atoms with Crippen molar-refractivity contribution in [2.45, 2.75) is 13.5 Å². The van der Waals surface area contributed by atoms with Crippen molar-refractivity contribution in [2.24, 2.45) is 0 Å². The van der Waals surface area contributed by atoms with Crippen molar-refractivity contribution >= 4 is 37.5 Å². The average molecular weight is 375 g/mol. The van der Waals surface area contributed by atoms with Crippen molar-refractivity contribution in [2.75, 3.05) is 12.4 Å². The Morgan fingerprint density at radius 2 is 2.00 bits per heavy atom. The number of methoxy groups -OCH3 is 1. The van der Waals surface area contributed by atoms with Gasteiger partial charge in [0.15, 0.2) is 0 Å². The van der Waals surface area contributed by atoms with E-state index >= 15 is 0 Å². The molecule has 0 unspecified atom stereocenters. The van der Waals surface area contributed by atoms with E-state index < -0.39 is 0 Å². The normalized spacial score (nSPS) is 10.4. The van der Waals surface area contributed by atoms with Crippen LogP contribution in [0.25, 0.3) is 0 Å². The minimum atomic E-state index is 0.636. The fraction of sp³-hybridized carbons (Fsp3) is 0.231. The van der Waals surface area contributed by atoms with Crippen LogP contribution in [0.3, 0.4) is 0 Å². The molecular weight excluding hydrogens is 362 g/mol. The van der Waals surface area contributed by atoms with Gasteiger partial charge in [0.2, 0.25) is 0 Å². The highest BCUT2D eigenvalue weighted by molar-refractivity contribution is 9.11. The predicted molar refractivity (Wildman–Crippen MR) is 79.2 cm³/mol. The number of rotatable bonds is 4. The number of benzene rings is 1. The van der Waals surface area contributed by atoms with Crippen molar-refractivity contribution in [3.05, 3.63) is 44.7 Å². The van der Waals surface area contributed by atoms with Crippen LogP contribution in [-0.2, 0) is 6.54 Å². The van der Waals surface area contributed by atoms with E-state index in [1.165, 1.54) is 0 Å². The van der Waals surface area contributed by atoms with Crippen molar-refractivity contribution in [1.82, 2.24) is 0 Å². The Balaban J connectivity index is 2.13. The Morgan fingerprint density at radius 1 is 1.22 bits per heavy atom. The smallest absolute Gasteiger partial charge is 0.135 e. The SMILES string of the molecule is COc1cc(NCc2ccc(C)o2)c(Br)cc1Br. The molecule has 0 spiro atoms. The fourth-order valence-corrected chi connectivity index (χ4v) is 2.88. The molecule has 2 rings (SSSR count). The van der Waals surface area contributed by atoms with E-state index in [4.69, 9.17) is 9.15 Å². The van der Waals surface area contributed by atoms with Gasteiger partial charge in [-0.3, -0.25) is 0 Å². The fourth-order valence-electron chi connectivity index (χ4n) is 1.58. The summed E-state index contributed by atoms with van der Waals surface area (Å²) in [7, 11) is 1.65. The molecule has 0 fully saturated rings. The van der Waals surface area contributed by atoms with E-state index in [1.54, 1.807) is 7.11 Å². The van der Waals surface area contributed by atoms with Crippen LogP contribution in [0.2, 0.25) is 0 Å². The van der Waals surface area contributed by atoms with Crippen LogP contribution in [0, 0.1) is 6.92 Å². The van der Waals surface area contributed by atoms with Gasteiger partial charge in [-0.15, -0.1) is 0 Å². The molecule has 1 aromatic heterocycles. The Hall–Kier alpha value is -0.940. The minimum absolute atomic E-state index is 0.636. The Labute approximate surface area is 123 Å². The summed E-state index contributed by atoms with van der Waals surface area (Å²) in [5, 5.41) is 3.30. The number of hydrogen-bond donors (Lipinski definition) is 1. The largest absolute Gasteiger partial charge is 0.495 e. The summed E-state index contributed by atoms with van der Waals surface area (Å²) in [5.41, 5.74) is 0.962. The second kappa shape index (κ2) is 5.80. The lowest BCUT2D eigenvalue weighted by Gasteiger charge is -2.11. The second-order valence-corrected chi connectivity index (χ2v) is 5.54. The van der Waals surface area contributed by atoms with Crippen LogP contribution in [0.1, 0.15) is 11.5 Å². The maximum atomic E-state index is 5.51. The number of ether oxygens (including phenoxy) is 1. The highest BCUT2D eigenvalue weighted by Crippen LogP contribution is 2.34. The molecular formula is C13H13Br2NO2.